The number of nitrogens with one attached hydrogen (secondary N) is 1. The highest BCUT2D eigenvalue weighted by atomic mass is 35.5. The zero-order valence-electron chi connectivity index (χ0n) is 11.1. The number of halogens is 2. The first-order chi connectivity index (χ1) is 9.33. The van der Waals surface area contributed by atoms with Crippen LogP contribution in [0, 0.1) is 5.92 Å². The molecule has 1 aromatic rings. The molecular formula is C12H16Cl2N4O2. The van der Waals surface area contributed by atoms with E-state index >= 15 is 0 Å². The number of rotatable bonds is 4. The summed E-state index contributed by atoms with van der Waals surface area (Å²) in [4.78, 5) is 13.4. The zero-order valence-corrected chi connectivity index (χ0v) is 12.6. The molecule has 8 heteroatoms. The van der Waals surface area contributed by atoms with Crippen molar-refractivity contribution < 1.29 is 10.0 Å². The Balaban J connectivity index is 2.66. The number of amidine groups is 1. The summed E-state index contributed by atoms with van der Waals surface area (Å²) in [6, 6.07) is 4.40. The first kappa shape index (κ1) is 16.4. The summed E-state index contributed by atoms with van der Waals surface area (Å²) >= 11 is 11.7. The Kier molecular flexibility index (Phi) is 5.91. The average molecular weight is 319 g/mol. The van der Waals surface area contributed by atoms with E-state index in [9.17, 15) is 4.79 Å². The Hall–Kier alpha value is -1.66. The molecule has 0 aliphatic heterocycles. The molecule has 0 heterocycles. The van der Waals surface area contributed by atoms with Gasteiger partial charge in [-0.25, -0.2) is 4.79 Å². The van der Waals surface area contributed by atoms with Crippen molar-refractivity contribution in [2.45, 2.75) is 6.92 Å². The molecule has 0 spiro atoms. The van der Waals surface area contributed by atoms with Gasteiger partial charge in [0, 0.05) is 35.2 Å². The molecule has 0 fully saturated rings. The van der Waals surface area contributed by atoms with Gasteiger partial charge in [-0.15, -0.1) is 0 Å². The molecule has 0 bridgehead atoms. The largest absolute Gasteiger partial charge is 0.409 e. The van der Waals surface area contributed by atoms with Crippen molar-refractivity contribution in [3.05, 3.63) is 28.2 Å². The summed E-state index contributed by atoms with van der Waals surface area (Å²) in [6.45, 7) is 2.05. The summed E-state index contributed by atoms with van der Waals surface area (Å²) < 4.78 is 0. The minimum absolute atomic E-state index is 0.0652. The number of urea groups is 1. The Morgan fingerprint density at radius 3 is 2.50 bits per heavy atom. The smallest absolute Gasteiger partial charge is 0.321 e. The maximum atomic E-state index is 12.0. The zero-order chi connectivity index (χ0) is 15.3. The molecule has 0 aliphatic rings. The van der Waals surface area contributed by atoms with E-state index in [1.807, 2.05) is 0 Å². The van der Waals surface area contributed by atoms with Gasteiger partial charge in [-0.1, -0.05) is 35.3 Å². The van der Waals surface area contributed by atoms with Crippen LogP contribution in [0.5, 0.6) is 0 Å². The first-order valence-electron chi connectivity index (χ1n) is 5.79. The molecule has 1 unspecified atom stereocenters. The number of anilines is 1. The van der Waals surface area contributed by atoms with Gasteiger partial charge in [-0.05, 0) is 18.2 Å². The second-order valence-electron chi connectivity index (χ2n) is 4.39. The number of oxime groups is 1. The number of carbonyl (C=O) groups excluding carboxylic acids is 1. The SMILES string of the molecule is CC(CN(C)C(=O)Nc1cc(Cl)cc(Cl)c1)/C(N)=N/O. The van der Waals surface area contributed by atoms with Gasteiger partial charge in [-0.2, -0.15) is 0 Å². The van der Waals surface area contributed by atoms with Gasteiger partial charge < -0.3 is 21.2 Å². The molecule has 0 aliphatic carbocycles. The minimum Gasteiger partial charge on any atom is -0.409 e. The average Bonchev–Trinajstić information content (AvgIpc) is 2.36. The number of nitrogens with two attached hydrogens (primary N) is 1. The Labute approximate surface area is 127 Å². The third-order valence-corrected chi connectivity index (χ3v) is 3.07. The van der Waals surface area contributed by atoms with E-state index in [1.165, 1.54) is 4.90 Å². The molecule has 0 saturated carbocycles. The van der Waals surface area contributed by atoms with Crippen molar-refractivity contribution in [1.82, 2.24) is 4.90 Å². The summed E-state index contributed by atoms with van der Waals surface area (Å²) in [5.74, 6) is -0.200. The summed E-state index contributed by atoms with van der Waals surface area (Å²) in [6.07, 6.45) is 0. The topological polar surface area (TPSA) is 91.0 Å². The molecule has 4 N–H and O–H groups in total. The van der Waals surface area contributed by atoms with Crippen LogP contribution in [0.3, 0.4) is 0 Å². The number of nitrogens with zero attached hydrogens (tertiary/aromatic N) is 2. The van der Waals surface area contributed by atoms with Crippen LogP contribution in [0.15, 0.2) is 23.4 Å². The number of carbonyl (C=O) groups is 1. The normalized spacial score (nSPS) is 12.9. The second kappa shape index (κ2) is 7.21. The molecule has 1 atom stereocenters. The summed E-state index contributed by atoms with van der Waals surface area (Å²) in [7, 11) is 1.60. The number of benzene rings is 1. The van der Waals surface area contributed by atoms with Gasteiger partial charge in [-0.3, -0.25) is 0 Å². The first-order valence-corrected chi connectivity index (χ1v) is 6.54. The molecule has 0 saturated heterocycles. The van der Waals surface area contributed by atoms with E-state index < -0.39 is 0 Å². The van der Waals surface area contributed by atoms with Gasteiger partial charge in [0.1, 0.15) is 5.84 Å². The van der Waals surface area contributed by atoms with Crippen LogP contribution in [0.4, 0.5) is 10.5 Å². The van der Waals surface area contributed by atoms with Crippen LogP contribution in [-0.2, 0) is 0 Å². The highest BCUT2D eigenvalue weighted by Crippen LogP contribution is 2.22. The lowest BCUT2D eigenvalue weighted by Crippen LogP contribution is -2.38. The van der Waals surface area contributed by atoms with Gasteiger partial charge >= 0.3 is 6.03 Å². The van der Waals surface area contributed by atoms with E-state index in [0.717, 1.165) is 0 Å². The Bertz CT molecular complexity index is 502. The van der Waals surface area contributed by atoms with E-state index in [2.05, 4.69) is 10.5 Å². The second-order valence-corrected chi connectivity index (χ2v) is 5.27. The molecule has 6 nitrogen and oxygen atoms in total. The van der Waals surface area contributed by atoms with Crippen LogP contribution in [0.1, 0.15) is 6.92 Å². The Morgan fingerprint density at radius 2 is 2.00 bits per heavy atom. The molecule has 0 aromatic heterocycles. The molecule has 2 amide bonds. The number of amides is 2. The fraction of sp³-hybridized carbons (Fsp3) is 0.333. The van der Waals surface area contributed by atoms with Gasteiger partial charge in [0.25, 0.3) is 0 Å². The third kappa shape index (κ3) is 4.79. The standard InChI is InChI=1S/C12H16Cl2N4O2/c1-7(11(15)17-20)6-18(2)12(19)16-10-4-8(13)3-9(14)5-10/h3-5,7,20H,6H2,1-2H3,(H2,15,17)(H,16,19). The van der Waals surface area contributed by atoms with Crippen molar-refractivity contribution >= 4 is 40.8 Å². The quantitative estimate of drug-likeness (QED) is 0.345. The summed E-state index contributed by atoms with van der Waals surface area (Å²) in [5, 5.41) is 15.0. The van der Waals surface area contributed by atoms with Crippen molar-refractivity contribution in [1.29, 1.82) is 0 Å². The van der Waals surface area contributed by atoms with Gasteiger partial charge in [0.2, 0.25) is 0 Å². The highest BCUT2D eigenvalue weighted by molar-refractivity contribution is 6.35. The van der Waals surface area contributed by atoms with Crippen LogP contribution >= 0.6 is 23.2 Å². The lowest BCUT2D eigenvalue weighted by Gasteiger charge is -2.21. The van der Waals surface area contributed by atoms with Crippen LogP contribution in [0.25, 0.3) is 0 Å². The maximum Gasteiger partial charge on any atom is 0.321 e. The lowest BCUT2D eigenvalue weighted by atomic mass is 10.1. The monoisotopic (exact) mass is 318 g/mol. The van der Waals surface area contributed by atoms with Crippen LogP contribution in [-0.4, -0.2) is 35.6 Å². The van der Waals surface area contributed by atoms with Crippen molar-refractivity contribution in [2.75, 3.05) is 18.9 Å². The van der Waals surface area contributed by atoms with Crippen molar-refractivity contribution in [3.8, 4) is 0 Å². The molecule has 110 valence electrons. The number of hydrogen-bond donors (Lipinski definition) is 3. The van der Waals surface area contributed by atoms with Crippen molar-refractivity contribution in [3.63, 3.8) is 0 Å². The molecule has 20 heavy (non-hydrogen) atoms. The Morgan fingerprint density at radius 1 is 1.45 bits per heavy atom. The molecule has 1 aromatic carbocycles. The van der Waals surface area contributed by atoms with Gasteiger partial charge in [0.05, 0.1) is 0 Å². The predicted molar refractivity (Wildman–Crippen MR) is 80.7 cm³/mol. The fourth-order valence-electron chi connectivity index (χ4n) is 1.53. The van der Waals surface area contributed by atoms with Gasteiger partial charge in [0.15, 0.2) is 0 Å². The fourth-order valence-corrected chi connectivity index (χ4v) is 2.06. The van der Waals surface area contributed by atoms with Crippen LogP contribution < -0.4 is 11.1 Å². The molecular weight excluding hydrogens is 303 g/mol. The van der Waals surface area contributed by atoms with E-state index in [0.29, 0.717) is 22.3 Å². The number of hydrogen-bond acceptors (Lipinski definition) is 3. The van der Waals surface area contributed by atoms with Crippen LogP contribution in [0.2, 0.25) is 10.0 Å². The van der Waals surface area contributed by atoms with Crippen molar-refractivity contribution in [2.24, 2.45) is 16.8 Å². The molecule has 0 radical (unpaired) electrons. The maximum absolute atomic E-state index is 12.0. The van der Waals surface area contributed by atoms with E-state index in [1.54, 1.807) is 32.2 Å². The lowest BCUT2D eigenvalue weighted by molar-refractivity contribution is 0.219. The highest BCUT2D eigenvalue weighted by Gasteiger charge is 2.15. The third-order valence-electron chi connectivity index (χ3n) is 2.63. The minimum atomic E-state index is -0.346. The van der Waals surface area contributed by atoms with E-state index in [4.69, 9.17) is 34.1 Å². The molecule has 1 rings (SSSR count). The predicted octanol–water partition coefficient (Wildman–Crippen LogP) is 2.84. The summed E-state index contributed by atoms with van der Waals surface area (Å²) in [5.41, 5.74) is 5.96. The van der Waals surface area contributed by atoms with E-state index in [-0.39, 0.29) is 17.8 Å².